The summed E-state index contributed by atoms with van der Waals surface area (Å²) < 4.78 is 14.2. The van der Waals surface area contributed by atoms with E-state index in [1.165, 1.54) is 10.9 Å². The standard InChI is InChI=1S/C13H13BrFNS/c1-8(16-2)12-5-6-13(17-12)10-7-9(15)3-4-11(10)14/h3-8,16H,1-2H3. The lowest BCUT2D eigenvalue weighted by atomic mass is 10.2. The number of halogens is 2. The van der Waals surface area contributed by atoms with Crippen molar-refractivity contribution in [2.45, 2.75) is 13.0 Å². The molecule has 2 aromatic rings. The normalized spacial score (nSPS) is 12.7. The van der Waals surface area contributed by atoms with E-state index in [1.54, 1.807) is 23.5 Å². The van der Waals surface area contributed by atoms with Gasteiger partial charge in [0.2, 0.25) is 0 Å². The molecule has 1 aromatic carbocycles. The molecule has 0 aliphatic carbocycles. The van der Waals surface area contributed by atoms with E-state index in [9.17, 15) is 4.39 Å². The maximum atomic E-state index is 13.2. The second-order valence-electron chi connectivity index (χ2n) is 3.84. The van der Waals surface area contributed by atoms with Crippen LogP contribution in [0.3, 0.4) is 0 Å². The van der Waals surface area contributed by atoms with Crippen molar-refractivity contribution in [1.29, 1.82) is 0 Å². The van der Waals surface area contributed by atoms with E-state index < -0.39 is 0 Å². The molecular weight excluding hydrogens is 301 g/mol. The van der Waals surface area contributed by atoms with Crippen LogP contribution in [0.25, 0.3) is 10.4 Å². The maximum Gasteiger partial charge on any atom is 0.123 e. The first kappa shape index (κ1) is 12.7. The molecule has 1 heterocycles. The van der Waals surface area contributed by atoms with Gasteiger partial charge in [-0.05, 0) is 44.3 Å². The van der Waals surface area contributed by atoms with E-state index >= 15 is 0 Å². The maximum absolute atomic E-state index is 13.2. The third kappa shape index (κ3) is 2.76. The Bertz CT molecular complexity index is 524. The topological polar surface area (TPSA) is 12.0 Å². The highest BCUT2D eigenvalue weighted by Gasteiger charge is 2.10. The first-order valence-corrected chi connectivity index (χ1v) is 6.95. The Labute approximate surface area is 113 Å². The average molecular weight is 314 g/mol. The SMILES string of the molecule is CNC(C)c1ccc(-c2cc(F)ccc2Br)s1. The average Bonchev–Trinajstić information content (AvgIpc) is 2.80. The molecule has 0 radical (unpaired) electrons. The fourth-order valence-corrected chi connectivity index (χ4v) is 3.25. The molecule has 90 valence electrons. The van der Waals surface area contributed by atoms with Gasteiger partial charge in [-0.1, -0.05) is 15.9 Å². The van der Waals surface area contributed by atoms with Crippen LogP contribution >= 0.6 is 27.3 Å². The largest absolute Gasteiger partial charge is 0.313 e. The lowest BCUT2D eigenvalue weighted by Crippen LogP contribution is -2.10. The van der Waals surface area contributed by atoms with Crippen LogP contribution < -0.4 is 5.32 Å². The number of hydrogen-bond donors (Lipinski definition) is 1. The van der Waals surface area contributed by atoms with Crippen LogP contribution in [-0.2, 0) is 0 Å². The molecule has 0 spiro atoms. The predicted octanol–water partition coefficient (Wildman–Crippen LogP) is 4.60. The summed E-state index contributed by atoms with van der Waals surface area (Å²) in [6, 6.07) is 9.19. The molecule has 17 heavy (non-hydrogen) atoms. The molecule has 1 unspecified atom stereocenters. The Kier molecular flexibility index (Phi) is 3.97. The summed E-state index contributed by atoms with van der Waals surface area (Å²) in [5.74, 6) is -0.209. The Morgan fingerprint density at radius 1 is 1.29 bits per heavy atom. The van der Waals surface area contributed by atoms with E-state index in [-0.39, 0.29) is 5.82 Å². The molecule has 0 saturated carbocycles. The van der Waals surface area contributed by atoms with Crippen LogP contribution in [0.2, 0.25) is 0 Å². The van der Waals surface area contributed by atoms with Gasteiger partial charge in [-0.2, -0.15) is 0 Å². The Morgan fingerprint density at radius 3 is 2.76 bits per heavy atom. The zero-order valence-electron chi connectivity index (χ0n) is 9.63. The lowest BCUT2D eigenvalue weighted by molar-refractivity contribution is 0.628. The second-order valence-corrected chi connectivity index (χ2v) is 5.81. The van der Waals surface area contributed by atoms with Crippen LogP contribution in [0.5, 0.6) is 0 Å². The van der Waals surface area contributed by atoms with Gasteiger partial charge in [0, 0.05) is 25.8 Å². The molecule has 1 N–H and O–H groups in total. The van der Waals surface area contributed by atoms with E-state index in [1.807, 2.05) is 13.1 Å². The Balaban J connectivity index is 2.40. The minimum absolute atomic E-state index is 0.209. The van der Waals surface area contributed by atoms with Gasteiger partial charge in [-0.3, -0.25) is 0 Å². The minimum atomic E-state index is -0.209. The summed E-state index contributed by atoms with van der Waals surface area (Å²) in [6.07, 6.45) is 0. The summed E-state index contributed by atoms with van der Waals surface area (Å²) >= 11 is 5.14. The third-order valence-corrected chi connectivity index (χ3v) is 4.67. The second kappa shape index (κ2) is 5.29. The number of thiophene rings is 1. The van der Waals surface area contributed by atoms with Gasteiger partial charge in [0.25, 0.3) is 0 Å². The first-order chi connectivity index (χ1) is 8.11. The summed E-state index contributed by atoms with van der Waals surface area (Å²) in [5, 5.41) is 3.20. The van der Waals surface area contributed by atoms with Gasteiger partial charge >= 0.3 is 0 Å². The number of hydrogen-bond acceptors (Lipinski definition) is 2. The molecule has 0 aliphatic rings. The summed E-state index contributed by atoms with van der Waals surface area (Å²) in [6.45, 7) is 2.11. The van der Waals surface area contributed by atoms with Gasteiger partial charge in [-0.15, -0.1) is 11.3 Å². The predicted molar refractivity (Wildman–Crippen MR) is 74.9 cm³/mol. The quantitative estimate of drug-likeness (QED) is 0.873. The van der Waals surface area contributed by atoms with Crippen molar-refractivity contribution < 1.29 is 4.39 Å². The molecule has 0 saturated heterocycles. The minimum Gasteiger partial charge on any atom is -0.313 e. The smallest absolute Gasteiger partial charge is 0.123 e. The van der Waals surface area contributed by atoms with Gasteiger partial charge in [0.05, 0.1) is 0 Å². The van der Waals surface area contributed by atoms with Crippen molar-refractivity contribution in [3.05, 3.63) is 45.5 Å². The molecule has 0 bridgehead atoms. The monoisotopic (exact) mass is 313 g/mol. The fraction of sp³-hybridized carbons (Fsp3) is 0.231. The molecule has 4 heteroatoms. The molecular formula is C13H13BrFNS. The first-order valence-electron chi connectivity index (χ1n) is 5.34. The highest BCUT2D eigenvalue weighted by molar-refractivity contribution is 9.10. The Morgan fingerprint density at radius 2 is 2.06 bits per heavy atom. The highest BCUT2D eigenvalue weighted by atomic mass is 79.9. The number of rotatable bonds is 3. The van der Waals surface area contributed by atoms with Crippen molar-refractivity contribution in [2.24, 2.45) is 0 Å². The van der Waals surface area contributed by atoms with E-state index in [4.69, 9.17) is 0 Å². The fourth-order valence-electron chi connectivity index (χ4n) is 1.56. The molecule has 1 nitrogen and oxygen atoms in total. The third-order valence-electron chi connectivity index (χ3n) is 2.68. The Hall–Kier alpha value is -0.710. The summed E-state index contributed by atoms with van der Waals surface area (Å²) in [4.78, 5) is 2.33. The van der Waals surface area contributed by atoms with E-state index in [0.29, 0.717) is 6.04 Å². The zero-order valence-corrected chi connectivity index (χ0v) is 12.0. The van der Waals surface area contributed by atoms with Crippen LogP contribution in [0.4, 0.5) is 4.39 Å². The van der Waals surface area contributed by atoms with Crippen molar-refractivity contribution in [3.8, 4) is 10.4 Å². The number of nitrogens with one attached hydrogen (secondary N) is 1. The van der Waals surface area contributed by atoms with Gasteiger partial charge in [0.1, 0.15) is 5.82 Å². The zero-order chi connectivity index (χ0) is 12.4. The van der Waals surface area contributed by atoms with Crippen LogP contribution in [0, 0.1) is 5.82 Å². The van der Waals surface area contributed by atoms with E-state index in [0.717, 1.165) is 14.9 Å². The molecule has 0 aliphatic heterocycles. The molecule has 0 fully saturated rings. The van der Waals surface area contributed by atoms with Gasteiger partial charge in [0.15, 0.2) is 0 Å². The van der Waals surface area contributed by atoms with E-state index in [2.05, 4.69) is 34.2 Å². The van der Waals surface area contributed by atoms with Crippen molar-refractivity contribution in [1.82, 2.24) is 5.32 Å². The summed E-state index contributed by atoms with van der Waals surface area (Å²) in [5.41, 5.74) is 0.907. The van der Waals surface area contributed by atoms with Crippen LogP contribution in [-0.4, -0.2) is 7.05 Å². The molecule has 1 atom stereocenters. The molecule has 2 rings (SSSR count). The number of benzene rings is 1. The van der Waals surface area contributed by atoms with Gasteiger partial charge < -0.3 is 5.32 Å². The van der Waals surface area contributed by atoms with Crippen molar-refractivity contribution >= 4 is 27.3 Å². The molecule has 1 aromatic heterocycles. The highest BCUT2D eigenvalue weighted by Crippen LogP contribution is 2.35. The van der Waals surface area contributed by atoms with Crippen molar-refractivity contribution in [3.63, 3.8) is 0 Å². The van der Waals surface area contributed by atoms with Crippen molar-refractivity contribution in [2.75, 3.05) is 7.05 Å². The van der Waals surface area contributed by atoms with Gasteiger partial charge in [-0.25, -0.2) is 4.39 Å². The lowest BCUT2D eigenvalue weighted by Gasteiger charge is -2.06. The van der Waals surface area contributed by atoms with Crippen LogP contribution in [0.15, 0.2) is 34.8 Å². The molecule has 0 amide bonds. The summed E-state index contributed by atoms with van der Waals surface area (Å²) in [7, 11) is 1.93. The van der Waals surface area contributed by atoms with Crippen LogP contribution in [0.1, 0.15) is 17.8 Å².